The molecular formula is C13H12BrNO2S. The molecule has 2 aromatic rings. The average molecular weight is 326 g/mol. The Morgan fingerprint density at radius 1 is 1.44 bits per heavy atom. The quantitative estimate of drug-likeness (QED) is 0.806. The number of halogens is 1. The molecule has 0 aliphatic heterocycles. The summed E-state index contributed by atoms with van der Waals surface area (Å²) in [5.74, 6) is -0.687. The summed E-state index contributed by atoms with van der Waals surface area (Å²) in [6, 6.07) is 7.64. The maximum Gasteiger partial charge on any atom is 0.320 e. The van der Waals surface area contributed by atoms with E-state index in [0.717, 1.165) is 15.0 Å². The van der Waals surface area contributed by atoms with Gasteiger partial charge in [0.05, 0.1) is 6.61 Å². The molecule has 0 amide bonds. The molecule has 0 saturated carbocycles. The van der Waals surface area contributed by atoms with Crippen LogP contribution in [0, 0.1) is 0 Å². The van der Waals surface area contributed by atoms with Crippen molar-refractivity contribution in [2.24, 2.45) is 0 Å². The van der Waals surface area contributed by atoms with Crippen molar-refractivity contribution in [2.45, 2.75) is 12.8 Å². The van der Waals surface area contributed by atoms with Gasteiger partial charge < -0.3 is 4.74 Å². The summed E-state index contributed by atoms with van der Waals surface area (Å²) < 4.78 is 6.11. The predicted molar refractivity (Wildman–Crippen MR) is 74.7 cm³/mol. The molecule has 5 heteroatoms. The number of hydrogen-bond acceptors (Lipinski definition) is 4. The zero-order chi connectivity index (χ0) is 13.0. The van der Waals surface area contributed by atoms with Gasteiger partial charge >= 0.3 is 5.97 Å². The van der Waals surface area contributed by atoms with Crippen LogP contribution in [-0.4, -0.2) is 17.6 Å². The van der Waals surface area contributed by atoms with Gasteiger partial charge in [0.2, 0.25) is 0 Å². The van der Waals surface area contributed by atoms with Gasteiger partial charge in [0.1, 0.15) is 10.9 Å². The van der Waals surface area contributed by atoms with E-state index in [1.807, 2.05) is 29.6 Å². The number of rotatable bonds is 4. The first-order valence-corrected chi connectivity index (χ1v) is 7.21. The smallest absolute Gasteiger partial charge is 0.320 e. The first-order chi connectivity index (χ1) is 8.72. The summed E-state index contributed by atoms with van der Waals surface area (Å²) in [5.41, 5.74) is 0.895. The molecule has 1 aromatic heterocycles. The summed E-state index contributed by atoms with van der Waals surface area (Å²) >= 11 is 4.84. The van der Waals surface area contributed by atoms with Crippen molar-refractivity contribution in [2.75, 3.05) is 6.61 Å². The van der Waals surface area contributed by atoms with E-state index in [2.05, 4.69) is 20.9 Å². The zero-order valence-electron chi connectivity index (χ0n) is 9.80. The number of carbonyl (C=O) groups is 1. The van der Waals surface area contributed by atoms with Crippen LogP contribution < -0.4 is 0 Å². The minimum Gasteiger partial charge on any atom is -0.465 e. The zero-order valence-corrected chi connectivity index (χ0v) is 12.2. The molecule has 1 aromatic carbocycles. The second-order valence-corrected chi connectivity index (χ2v) is 5.45. The van der Waals surface area contributed by atoms with Crippen LogP contribution in [0.3, 0.4) is 0 Å². The molecule has 0 bridgehead atoms. The van der Waals surface area contributed by atoms with Crippen LogP contribution >= 0.6 is 27.3 Å². The Hall–Kier alpha value is -1.20. The number of ether oxygens (including phenoxy) is 1. The van der Waals surface area contributed by atoms with Crippen molar-refractivity contribution < 1.29 is 9.53 Å². The molecule has 3 nitrogen and oxygen atoms in total. The van der Waals surface area contributed by atoms with Gasteiger partial charge in [-0.3, -0.25) is 4.79 Å². The van der Waals surface area contributed by atoms with E-state index < -0.39 is 5.92 Å². The molecule has 2 rings (SSSR count). The van der Waals surface area contributed by atoms with Gasteiger partial charge in [0, 0.05) is 16.0 Å². The van der Waals surface area contributed by atoms with Crippen molar-refractivity contribution in [3.05, 3.63) is 50.9 Å². The fraction of sp³-hybridized carbons (Fsp3) is 0.231. The Bertz CT molecular complexity index is 510. The highest BCUT2D eigenvalue weighted by molar-refractivity contribution is 9.10. The first kappa shape index (κ1) is 13.2. The summed E-state index contributed by atoms with van der Waals surface area (Å²) in [6.45, 7) is 2.18. The van der Waals surface area contributed by atoms with Gasteiger partial charge in [-0.15, -0.1) is 11.3 Å². The van der Waals surface area contributed by atoms with E-state index >= 15 is 0 Å². The molecule has 0 fully saturated rings. The lowest BCUT2D eigenvalue weighted by molar-refractivity contribution is -0.143. The monoisotopic (exact) mass is 325 g/mol. The van der Waals surface area contributed by atoms with Crippen LogP contribution in [0.5, 0.6) is 0 Å². The molecule has 1 heterocycles. The third-order valence-corrected chi connectivity index (χ3v) is 3.79. The Morgan fingerprint density at radius 3 is 2.72 bits per heavy atom. The molecule has 94 valence electrons. The third kappa shape index (κ3) is 2.97. The van der Waals surface area contributed by atoms with Crippen molar-refractivity contribution >= 4 is 33.2 Å². The van der Waals surface area contributed by atoms with Gasteiger partial charge in [-0.05, 0) is 24.6 Å². The Morgan fingerprint density at radius 2 is 2.17 bits per heavy atom. The van der Waals surface area contributed by atoms with Gasteiger partial charge in [-0.25, -0.2) is 4.98 Å². The molecule has 0 N–H and O–H groups in total. The minimum absolute atomic E-state index is 0.255. The summed E-state index contributed by atoms with van der Waals surface area (Å²) in [6.07, 6.45) is 1.70. The highest BCUT2D eigenvalue weighted by atomic mass is 79.9. The number of aromatic nitrogens is 1. The number of hydrogen-bond donors (Lipinski definition) is 0. The maximum absolute atomic E-state index is 12.1. The lowest BCUT2D eigenvalue weighted by atomic mass is 10.00. The molecule has 0 aliphatic rings. The molecule has 1 unspecified atom stereocenters. The van der Waals surface area contributed by atoms with E-state index in [-0.39, 0.29) is 5.97 Å². The number of thiazole rings is 1. The third-order valence-electron chi connectivity index (χ3n) is 2.42. The highest BCUT2D eigenvalue weighted by Gasteiger charge is 2.26. The summed E-state index contributed by atoms with van der Waals surface area (Å²) in [5, 5.41) is 2.62. The van der Waals surface area contributed by atoms with Crippen LogP contribution in [0.1, 0.15) is 23.4 Å². The normalized spacial score (nSPS) is 12.1. The van der Waals surface area contributed by atoms with Gasteiger partial charge in [-0.2, -0.15) is 0 Å². The van der Waals surface area contributed by atoms with E-state index in [1.54, 1.807) is 13.1 Å². The number of nitrogens with zero attached hydrogens (tertiary/aromatic N) is 1. The Balaban J connectivity index is 2.36. The van der Waals surface area contributed by atoms with Gasteiger partial charge in [0.25, 0.3) is 0 Å². The van der Waals surface area contributed by atoms with Crippen LogP contribution in [0.25, 0.3) is 0 Å². The molecule has 0 radical (unpaired) electrons. The number of esters is 1. The van der Waals surface area contributed by atoms with Crippen LogP contribution in [0.15, 0.2) is 40.3 Å². The lowest BCUT2D eigenvalue weighted by Gasteiger charge is -2.13. The number of carbonyl (C=O) groups excluding carboxylic acids is 1. The summed E-state index contributed by atoms with van der Waals surface area (Å²) in [7, 11) is 0. The van der Waals surface area contributed by atoms with Crippen molar-refractivity contribution in [1.82, 2.24) is 4.98 Å². The van der Waals surface area contributed by atoms with Gasteiger partial charge in [0.15, 0.2) is 0 Å². The predicted octanol–water partition coefficient (Wildman–Crippen LogP) is 3.60. The molecule has 0 aliphatic carbocycles. The second-order valence-electron chi connectivity index (χ2n) is 3.61. The van der Waals surface area contributed by atoms with E-state index in [4.69, 9.17) is 4.74 Å². The van der Waals surface area contributed by atoms with Crippen molar-refractivity contribution in [1.29, 1.82) is 0 Å². The van der Waals surface area contributed by atoms with E-state index in [0.29, 0.717) is 6.61 Å². The van der Waals surface area contributed by atoms with Crippen molar-refractivity contribution in [3.63, 3.8) is 0 Å². The second kappa shape index (κ2) is 6.11. The first-order valence-electron chi connectivity index (χ1n) is 5.54. The minimum atomic E-state index is -0.432. The molecule has 0 saturated heterocycles. The van der Waals surface area contributed by atoms with E-state index in [9.17, 15) is 4.79 Å². The van der Waals surface area contributed by atoms with Crippen LogP contribution in [0.4, 0.5) is 0 Å². The molecule has 18 heavy (non-hydrogen) atoms. The largest absolute Gasteiger partial charge is 0.465 e. The molecule has 1 atom stereocenters. The molecule has 0 spiro atoms. The standard InChI is InChI=1S/C13H12BrNO2S/c1-2-17-13(16)11(12-15-7-8-18-12)9-3-5-10(14)6-4-9/h3-8,11H,2H2,1H3. The topological polar surface area (TPSA) is 39.2 Å². The fourth-order valence-electron chi connectivity index (χ4n) is 1.64. The number of benzene rings is 1. The van der Waals surface area contributed by atoms with Crippen LogP contribution in [0.2, 0.25) is 0 Å². The van der Waals surface area contributed by atoms with Gasteiger partial charge in [-0.1, -0.05) is 28.1 Å². The van der Waals surface area contributed by atoms with Crippen LogP contribution in [-0.2, 0) is 9.53 Å². The lowest BCUT2D eigenvalue weighted by Crippen LogP contribution is -2.17. The Kier molecular flexibility index (Phi) is 4.49. The summed E-state index contributed by atoms with van der Waals surface area (Å²) in [4.78, 5) is 16.3. The fourth-order valence-corrected chi connectivity index (χ4v) is 2.65. The maximum atomic E-state index is 12.1. The Labute approximate surface area is 118 Å². The highest BCUT2D eigenvalue weighted by Crippen LogP contribution is 2.28. The van der Waals surface area contributed by atoms with Crippen molar-refractivity contribution in [3.8, 4) is 0 Å². The average Bonchev–Trinajstić information content (AvgIpc) is 2.86. The van der Waals surface area contributed by atoms with E-state index in [1.165, 1.54) is 11.3 Å². The SMILES string of the molecule is CCOC(=O)C(c1ccc(Br)cc1)c1nccs1. The molecular weight excluding hydrogens is 314 g/mol.